The Morgan fingerprint density at radius 3 is 3.00 bits per heavy atom. The molecule has 0 atom stereocenters. The third-order valence-electron chi connectivity index (χ3n) is 2.29. The molecule has 0 saturated heterocycles. The van der Waals surface area contributed by atoms with E-state index < -0.39 is 0 Å². The first-order chi connectivity index (χ1) is 6.72. The fourth-order valence-electron chi connectivity index (χ4n) is 1.72. The first kappa shape index (κ1) is 9.68. The van der Waals surface area contributed by atoms with E-state index in [0.29, 0.717) is 6.54 Å². The van der Waals surface area contributed by atoms with Crippen LogP contribution in [0.4, 0.5) is 0 Å². The van der Waals surface area contributed by atoms with E-state index in [1.165, 1.54) is 11.1 Å². The molecule has 0 radical (unpaired) electrons. The summed E-state index contributed by atoms with van der Waals surface area (Å²) in [5.41, 5.74) is 8.00. The third kappa shape index (κ3) is 1.55. The summed E-state index contributed by atoms with van der Waals surface area (Å²) < 4.78 is 2.98. The van der Waals surface area contributed by atoms with Gasteiger partial charge in [-0.3, -0.25) is 4.68 Å². The third-order valence-corrected chi connectivity index (χ3v) is 2.75. The Hall–Kier alpha value is -0.870. The average Bonchev–Trinajstić information content (AvgIpc) is 2.48. The van der Waals surface area contributed by atoms with E-state index in [4.69, 9.17) is 5.73 Å². The molecular formula is C10H12BrN3. The average molecular weight is 254 g/mol. The number of aromatic nitrogens is 2. The zero-order valence-corrected chi connectivity index (χ0v) is 9.58. The maximum atomic E-state index is 5.58. The van der Waals surface area contributed by atoms with Gasteiger partial charge in [0.05, 0.1) is 11.7 Å². The molecule has 0 bridgehead atoms. The Morgan fingerprint density at radius 1 is 1.50 bits per heavy atom. The zero-order chi connectivity index (χ0) is 10.1. The van der Waals surface area contributed by atoms with Gasteiger partial charge < -0.3 is 5.73 Å². The topological polar surface area (TPSA) is 43.8 Å². The van der Waals surface area contributed by atoms with E-state index in [1.807, 2.05) is 17.9 Å². The SMILES string of the molecule is Cn1ncc2cc(Br)cc(CCN)c21. The number of hydrogen-bond donors (Lipinski definition) is 1. The molecule has 2 N–H and O–H groups in total. The number of nitrogens with two attached hydrogens (primary N) is 1. The normalized spacial score (nSPS) is 11.1. The van der Waals surface area contributed by atoms with Crippen LogP contribution >= 0.6 is 15.9 Å². The highest BCUT2D eigenvalue weighted by atomic mass is 79.9. The Balaban J connectivity index is 2.70. The molecule has 0 saturated carbocycles. The molecule has 0 fully saturated rings. The van der Waals surface area contributed by atoms with Gasteiger partial charge in [0.1, 0.15) is 0 Å². The predicted octanol–water partition coefficient (Wildman–Crippen LogP) is 1.84. The van der Waals surface area contributed by atoms with Crippen molar-refractivity contribution < 1.29 is 0 Å². The van der Waals surface area contributed by atoms with Crippen molar-refractivity contribution in [3.05, 3.63) is 28.4 Å². The highest BCUT2D eigenvalue weighted by Gasteiger charge is 2.06. The predicted molar refractivity (Wildman–Crippen MR) is 61.2 cm³/mol. The number of hydrogen-bond acceptors (Lipinski definition) is 2. The summed E-state index contributed by atoms with van der Waals surface area (Å²) in [7, 11) is 1.95. The number of nitrogens with zero attached hydrogens (tertiary/aromatic N) is 2. The van der Waals surface area contributed by atoms with Gasteiger partial charge >= 0.3 is 0 Å². The van der Waals surface area contributed by atoms with Gasteiger partial charge in [-0.25, -0.2) is 0 Å². The second-order valence-electron chi connectivity index (χ2n) is 3.31. The Morgan fingerprint density at radius 2 is 2.29 bits per heavy atom. The minimum atomic E-state index is 0.663. The molecular weight excluding hydrogens is 242 g/mol. The summed E-state index contributed by atoms with van der Waals surface area (Å²) in [5, 5.41) is 5.39. The number of halogens is 1. The lowest BCUT2D eigenvalue weighted by atomic mass is 10.1. The van der Waals surface area contributed by atoms with E-state index in [2.05, 4.69) is 33.2 Å². The van der Waals surface area contributed by atoms with Crippen LogP contribution in [-0.2, 0) is 13.5 Å². The van der Waals surface area contributed by atoms with Crippen LogP contribution in [0.25, 0.3) is 10.9 Å². The van der Waals surface area contributed by atoms with Gasteiger partial charge in [0.25, 0.3) is 0 Å². The van der Waals surface area contributed by atoms with E-state index in [0.717, 1.165) is 16.3 Å². The van der Waals surface area contributed by atoms with Crippen molar-refractivity contribution in [1.82, 2.24) is 9.78 Å². The summed E-state index contributed by atoms with van der Waals surface area (Å²) >= 11 is 3.48. The summed E-state index contributed by atoms with van der Waals surface area (Å²) in [5.74, 6) is 0. The van der Waals surface area contributed by atoms with Crippen molar-refractivity contribution in [2.75, 3.05) is 6.54 Å². The van der Waals surface area contributed by atoms with E-state index in [1.54, 1.807) is 0 Å². The largest absolute Gasteiger partial charge is 0.330 e. The molecule has 0 spiro atoms. The lowest BCUT2D eigenvalue weighted by Crippen LogP contribution is -2.04. The number of fused-ring (bicyclic) bond motifs is 1. The standard InChI is InChI=1S/C10H12BrN3/c1-14-10-7(2-3-12)4-9(11)5-8(10)6-13-14/h4-6H,2-3,12H2,1H3. The van der Waals surface area contributed by atoms with Crippen molar-refractivity contribution in [2.45, 2.75) is 6.42 Å². The van der Waals surface area contributed by atoms with Gasteiger partial charge in [0.2, 0.25) is 0 Å². The maximum Gasteiger partial charge on any atom is 0.0712 e. The molecule has 74 valence electrons. The summed E-state index contributed by atoms with van der Waals surface area (Å²) in [4.78, 5) is 0. The maximum absolute atomic E-state index is 5.58. The fraction of sp³-hybridized carbons (Fsp3) is 0.300. The number of rotatable bonds is 2. The number of benzene rings is 1. The monoisotopic (exact) mass is 253 g/mol. The van der Waals surface area contributed by atoms with E-state index >= 15 is 0 Å². The lowest BCUT2D eigenvalue weighted by Gasteiger charge is -2.04. The molecule has 14 heavy (non-hydrogen) atoms. The summed E-state index contributed by atoms with van der Waals surface area (Å²) in [6.45, 7) is 0.663. The quantitative estimate of drug-likeness (QED) is 0.888. The highest BCUT2D eigenvalue weighted by molar-refractivity contribution is 9.10. The van der Waals surface area contributed by atoms with Crippen molar-refractivity contribution in [3.8, 4) is 0 Å². The molecule has 4 heteroatoms. The van der Waals surface area contributed by atoms with Gasteiger partial charge in [-0.2, -0.15) is 5.10 Å². The summed E-state index contributed by atoms with van der Waals surface area (Å²) in [6, 6.07) is 4.18. The molecule has 3 nitrogen and oxygen atoms in total. The molecule has 0 aliphatic rings. The molecule has 0 amide bonds. The minimum absolute atomic E-state index is 0.663. The Bertz CT molecular complexity index is 462. The van der Waals surface area contributed by atoms with Gasteiger partial charge in [0.15, 0.2) is 0 Å². The van der Waals surface area contributed by atoms with Crippen molar-refractivity contribution in [1.29, 1.82) is 0 Å². The van der Waals surface area contributed by atoms with Crippen molar-refractivity contribution in [3.63, 3.8) is 0 Å². The van der Waals surface area contributed by atoms with Gasteiger partial charge in [0, 0.05) is 16.9 Å². The highest BCUT2D eigenvalue weighted by Crippen LogP contribution is 2.23. The molecule has 1 aromatic heterocycles. The molecule has 2 aromatic rings. The number of aryl methyl sites for hydroxylation is 1. The second-order valence-corrected chi connectivity index (χ2v) is 4.23. The van der Waals surface area contributed by atoms with E-state index in [9.17, 15) is 0 Å². The molecule has 2 rings (SSSR count). The van der Waals surface area contributed by atoms with Gasteiger partial charge in [-0.05, 0) is 30.7 Å². The first-order valence-corrected chi connectivity index (χ1v) is 5.32. The Kier molecular flexibility index (Phi) is 2.56. The van der Waals surface area contributed by atoms with Gasteiger partial charge in [-0.1, -0.05) is 15.9 Å². The van der Waals surface area contributed by atoms with Crippen LogP contribution in [0.3, 0.4) is 0 Å². The van der Waals surface area contributed by atoms with Crippen LogP contribution in [0.5, 0.6) is 0 Å². The minimum Gasteiger partial charge on any atom is -0.330 e. The summed E-state index contributed by atoms with van der Waals surface area (Å²) in [6.07, 6.45) is 2.76. The molecule has 1 heterocycles. The first-order valence-electron chi connectivity index (χ1n) is 4.52. The molecule has 0 aliphatic carbocycles. The molecule has 0 aliphatic heterocycles. The van der Waals surface area contributed by atoms with Crippen LogP contribution in [0.2, 0.25) is 0 Å². The van der Waals surface area contributed by atoms with Crippen LogP contribution in [0, 0.1) is 0 Å². The molecule has 1 aromatic carbocycles. The van der Waals surface area contributed by atoms with Crippen molar-refractivity contribution in [2.24, 2.45) is 12.8 Å². The lowest BCUT2D eigenvalue weighted by molar-refractivity contribution is 0.790. The van der Waals surface area contributed by atoms with Crippen LogP contribution in [0.1, 0.15) is 5.56 Å². The second kappa shape index (κ2) is 3.71. The van der Waals surface area contributed by atoms with Crippen LogP contribution in [0.15, 0.2) is 22.8 Å². The van der Waals surface area contributed by atoms with Gasteiger partial charge in [-0.15, -0.1) is 0 Å². The van der Waals surface area contributed by atoms with Crippen molar-refractivity contribution >= 4 is 26.8 Å². The smallest absolute Gasteiger partial charge is 0.0712 e. The Labute approximate surface area is 91.0 Å². The van der Waals surface area contributed by atoms with E-state index in [-0.39, 0.29) is 0 Å². The molecule has 0 unspecified atom stereocenters. The fourth-order valence-corrected chi connectivity index (χ4v) is 2.25. The van der Waals surface area contributed by atoms with Crippen LogP contribution in [-0.4, -0.2) is 16.3 Å². The van der Waals surface area contributed by atoms with Crippen LogP contribution < -0.4 is 5.73 Å². The zero-order valence-electron chi connectivity index (χ0n) is 8.00.